The number of rotatable bonds is 8. The van der Waals surface area contributed by atoms with E-state index in [-0.39, 0.29) is 22.9 Å². The number of methoxy groups -OCH3 is 1. The number of benzene rings is 1. The smallest absolute Gasteiger partial charge is 0.253 e. The number of aliphatic hydroxyl groups excluding tert-OH is 1. The van der Waals surface area contributed by atoms with Gasteiger partial charge in [-0.15, -0.1) is 0 Å². The topological polar surface area (TPSA) is 131 Å². The average molecular weight is 391 g/mol. The summed E-state index contributed by atoms with van der Waals surface area (Å²) in [6, 6.07) is 11.7. The van der Waals surface area contributed by atoms with Gasteiger partial charge >= 0.3 is 0 Å². The third-order valence-corrected chi connectivity index (χ3v) is 4.65. The molecule has 0 bridgehead atoms. The van der Waals surface area contributed by atoms with Gasteiger partial charge in [-0.05, 0) is 42.7 Å². The number of amides is 1. The van der Waals surface area contributed by atoms with Crippen LogP contribution < -0.4 is 10.6 Å². The van der Waals surface area contributed by atoms with Crippen molar-refractivity contribution in [2.75, 3.05) is 19.0 Å². The summed E-state index contributed by atoms with van der Waals surface area (Å²) in [6.07, 6.45) is 4.20. The van der Waals surface area contributed by atoms with E-state index in [2.05, 4.69) is 15.6 Å². The Labute approximate surface area is 168 Å². The van der Waals surface area contributed by atoms with E-state index in [0.29, 0.717) is 29.1 Å². The fourth-order valence-corrected chi connectivity index (χ4v) is 2.85. The van der Waals surface area contributed by atoms with Crippen LogP contribution in [-0.2, 0) is 4.74 Å². The molecule has 1 amide bonds. The summed E-state index contributed by atoms with van der Waals surface area (Å²) >= 11 is 0. The molecule has 1 aromatic heterocycles. The number of aliphatic hydroxyl groups is 1. The van der Waals surface area contributed by atoms with Gasteiger partial charge in [-0.1, -0.05) is 12.1 Å². The second-order valence-electron chi connectivity index (χ2n) is 6.82. The molecule has 1 heterocycles. The average Bonchev–Trinajstić information content (AvgIpc) is 3.48. The van der Waals surface area contributed by atoms with E-state index in [9.17, 15) is 9.90 Å². The van der Waals surface area contributed by atoms with Gasteiger partial charge in [0.25, 0.3) is 5.91 Å². The number of nitriles is 1. The van der Waals surface area contributed by atoms with Crippen molar-refractivity contribution in [3.8, 4) is 6.07 Å². The van der Waals surface area contributed by atoms with Crippen LogP contribution in [0.15, 0.2) is 48.5 Å². The summed E-state index contributed by atoms with van der Waals surface area (Å²) in [5, 5.41) is 32.5. The second-order valence-corrected chi connectivity index (χ2v) is 6.82. The Morgan fingerprint density at radius 3 is 2.52 bits per heavy atom. The number of nitrogens with one attached hydrogen (secondary N) is 3. The monoisotopic (exact) mass is 391 g/mol. The van der Waals surface area contributed by atoms with E-state index >= 15 is 0 Å². The molecular formula is C21H21N5O3. The number of ether oxygens (including phenoxy) is 1. The largest absolute Gasteiger partial charge is 0.494 e. The minimum Gasteiger partial charge on any atom is -0.494 e. The lowest BCUT2D eigenvalue weighted by molar-refractivity contribution is 0.0881. The Morgan fingerprint density at radius 2 is 2.00 bits per heavy atom. The molecule has 0 spiro atoms. The molecule has 29 heavy (non-hydrogen) atoms. The minimum atomic E-state index is -0.274. The Hall–Kier alpha value is -3.70. The maximum Gasteiger partial charge on any atom is 0.253 e. The summed E-state index contributed by atoms with van der Waals surface area (Å²) in [4.78, 5) is 16.5. The molecule has 0 unspecified atom stereocenters. The summed E-state index contributed by atoms with van der Waals surface area (Å²) in [5.74, 6) is -0.160. The molecule has 4 N–H and O–H groups in total. The highest BCUT2D eigenvalue weighted by Crippen LogP contribution is 2.35. The van der Waals surface area contributed by atoms with Crippen molar-refractivity contribution in [3.05, 3.63) is 65.2 Å². The molecular weight excluding hydrogens is 370 g/mol. The number of hydrogen-bond acceptors (Lipinski definition) is 7. The lowest BCUT2D eigenvalue weighted by Gasteiger charge is -2.16. The van der Waals surface area contributed by atoms with Crippen molar-refractivity contribution in [1.82, 2.24) is 10.3 Å². The van der Waals surface area contributed by atoms with Crippen molar-refractivity contribution < 1.29 is 14.6 Å². The van der Waals surface area contributed by atoms with Gasteiger partial charge in [-0.25, -0.2) is 4.98 Å². The van der Waals surface area contributed by atoms with Crippen LogP contribution in [0.1, 0.15) is 34.3 Å². The Morgan fingerprint density at radius 1 is 1.31 bits per heavy atom. The van der Waals surface area contributed by atoms with E-state index in [0.717, 1.165) is 19.1 Å². The molecule has 0 saturated heterocycles. The SMILES string of the molecule is COCC1(NC(=O)c2ccc(N/C(O)=C(\C=N)c3ccc(C#N)cc3)nc2)CC1. The van der Waals surface area contributed by atoms with Crippen LogP contribution in [0.3, 0.4) is 0 Å². The molecule has 0 aliphatic heterocycles. The summed E-state index contributed by atoms with van der Waals surface area (Å²) in [7, 11) is 1.61. The first-order valence-corrected chi connectivity index (χ1v) is 8.99. The van der Waals surface area contributed by atoms with Gasteiger partial charge in [0.2, 0.25) is 0 Å². The molecule has 0 radical (unpaired) electrons. The fourth-order valence-electron chi connectivity index (χ4n) is 2.85. The number of hydrogen-bond donors (Lipinski definition) is 4. The number of aromatic nitrogens is 1. The van der Waals surface area contributed by atoms with Gasteiger partial charge in [-0.2, -0.15) is 5.26 Å². The lowest BCUT2D eigenvalue weighted by atomic mass is 10.1. The van der Waals surface area contributed by atoms with E-state index in [4.69, 9.17) is 15.4 Å². The third kappa shape index (κ3) is 4.78. The first kappa shape index (κ1) is 20.0. The predicted octanol–water partition coefficient (Wildman–Crippen LogP) is 2.85. The number of carbonyl (C=O) groups excluding carboxylic acids is 1. The maximum absolute atomic E-state index is 12.4. The van der Waals surface area contributed by atoms with E-state index < -0.39 is 0 Å². The quantitative estimate of drug-likeness (QED) is 0.404. The molecule has 148 valence electrons. The molecule has 1 saturated carbocycles. The highest BCUT2D eigenvalue weighted by molar-refractivity contribution is 6.09. The lowest BCUT2D eigenvalue weighted by Crippen LogP contribution is -2.40. The van der Waals surface area contributed by atoms with Gasteiger partial charge in [0.1, 0.15) is 5.82 Å². The molecule has 0 atom stereocenters. The van der Waals surface area contributed by atoms with E-state index in [1.165, 1.54) is 6.20 Å². The molecule has 1 fully saturated rings. The zero-order chi connectivity index (χ0) is 20.9. The van der Waals surface area contributed by atoms with Gasteiger partial charge in [0, 0.05) is 19.5 Å². The van der Waals surface area contributed by atoms with Gasteiger partial charge in [0.15, 0.2) is 5.88 Å². The van der Waals surface area contributed by atoms with Crippen LogP contribution in [-0.4, -0.2) is 41.5 Å². The number of pyridine rings is 1. The summed E-state index contributed by atoms with van der Waals surface area (Å²) in [6.45, 7) is 0.478. The number of nitrogens with zero attached hydrogens (tertiary/aromatic N) is 2. The zero-order valence-electron chi connectivity index (χ0n) is 15.9. The van der Waals surface area contributed by atoms with Crippen molar-refractivity contribution in [1.29, 1.82) is 10.7 Å². The van der Waals surface area contributed by atoms with Crippen LogP contribution in [0.4, 0.5) is 5.82 Å². The van der Waals surface area contributed by atoms with Gasteiger partial charge in [-0.3, -0.25) is 4.79 Å². The van der Waals surface area contributed by atoms with E-state index in [1.54, 1.807) is 43.5 Å². The molecule has 8 nitrogen and oxygen atoms in total. The standard InChI is InChI=1S/C21H21N5O3/c1-29-13-21(8-9-21)26-19(27)16-6-7-18(24-12-16)25-20(28)17(11-23)15-4-2-14(10-22)3-5-15/h2-7,11-12,23,28H,8-9,13H2,1H3,(H,24,25)(H,26,27)/b20-17-,23-11?. The molecule has 8 heteroatoms. The number of carbonyl (C=O) groups is 1. The third-order valence-electron chi connectivity index (χ3n) is 4.65. The van der Waals surface area contributed by atoms with Crippen LogP contribution >= 0.6 is 0 Å². The number of anilines is 1. The Kier molecular flexibility index (Phi) is 5.90. The Balaban J connectivity index is 1.70. The molecule has 2 aromatic rings. The number of allylic oxidation sites excluding steroid dienone is 1. The van der Waals surface area contributed by atoms with Crippen LogP contribution in [0.25, 0.3) is 5.57 Å². The van der Waals surface area contributed by atoms with Crippen molar-refractivity contribution in [2.24, 2.45) is 0 Å². The summed E-state index contributed by atoms with van der Waals surface area (Å²) in [5.41, 5.74) is 1.44. The highest BCUT2D eigenvalue weighted by atomic mass is 16.5. The highest BCUT2D eigenvalue weighted by Gasteiger charge is 2.44. The predicted molar refractivity (Wildman–Crippen MR) is 109 cm³/mol. The first-order valence-electron chi connectivity index (χ1n) is 8.99. The molecule has 1 aliphatic carbocycles. The van der Waals surface area contributed by atoms with Crippen LogP contribution in [0.5, 0.6) is 0 Å². The van der Waals surface area contributed by atoms with Crippen molar-refractivity contribution in [3.63, 3.8) is 0 Å². The molecule has 1 aliphatic rings. The van der Waals surface area contributed by atoms with Crippen LogP contribution in [0, 0.1) is 16.7 Å². The normalized spacial score (nSPS) is 14.9. The maximum atomic E-state index is 12.4. The van der Waals surface area contributed by atoms with Crippen molar-refractivity contribution in [2.45, 2.75) is 18.4 Å². The zero-order valence-corrected chi connectivity index (χ0v) is 15.9. The summed E-state index contributed by atoms with van der Waals surface area (Å²) < 4.78 is 5.14. The fraction of sp³-hybridized carbons (Fsp3) is 0.238. The van der Waals surface area contributed by atoms with Crippen LogP contribution in [0.2, 0.25) is 0 Å². The second kappa shape index (κ2) is 8.54. The first-order chi connectivity index (χ1) is 14.0. The van der Waals surface area contributed by atoms with Gasteiger partial charge in [0.05, 0.1) is 34.9 Å². The van der Waals surface area contributed by atoms with Gasteiger partial charge < -0.3 is 25.9 Å². The van der Waals surface area contributed by atoms with Crippen molar-refractivity contribution >= 4 is 23.5 Å². The minimum absolute atomic E-state index is 0.226. The Bertz CT molecular complexity index is 971. The van der Waals surface area contributed by atoms with E-state index in [1.807, 2.05) is 6.07 Å². The molecule has 3 rings (SSSR count). The molecule has 1 aromatic carbocycles.